The first-order valence-corrected chi connectivity index (χ1v) is 13.8. The zero-order chi connectivity index (χ0) is 27.0. The summed E-state index contributed by atoms with van der Waals surface area (Å²) in [6.07, 6.45) is 13.1. The third-order valence-corrected chi connectivity index (χ3v) is 6.12. The first kappa shape index (κ1) is 34.9. The smallest absolute Gasteiger partial charge is 0.220 e. The lowest BCUT2D eigenvalue weighted by Crippen LogP contribution is -2.47. The molecule has 0 aliphatic rings. The average molecular weight is 520 g/mol. The number of carbonyl (C=O) groups is 1. The van der Waals surface area contributed by atoms with E-state index in [0.717, 1.165) is 32.1 Å². The molecule has 0 radical (unpaired) electrons. The van der Waals surface area contributed by atoms with Crippen molar-refractivity contribution in [2.75, 3.05) is 26.4 Å². The lowest BCUT2D eigenvalue weighted by atomic mass is 10.0. The molecule has 0 saturated heterocycles. The SMILES string of the molecule is CCCCCCCCC=CCCCCCCCC(=O)NCC(O)COCC(O)C(O)C(O)C(O)CO. The molecule has 0 bridgehead atoms. The monoisotopic (exact) mass is 519 g/mol. The van der Waals surface area contributed by atoms with Crippen molar-refractivity contribution in [1.82, 2.24) is 5.32 Å². The minimum Gasteiger partial charge on any atom is -0.394 e. The second-order valence-electron chi connectivity index (χ2n) is 9.63. The van der Waals surface area contributed by atoms with E-state index in [1.165, 1.54) is 51.4 Å². The Morgan fingerprint density at radius 1 is 0.750 bits per heavy atom. The minimum atomic E-state index is -1.73. The zero-order valence-electron chi connectivity index (χ0n) is 22.3. The van der Waals surface area contributed by atoms with Crippen molar-refractivity contribution < 1.29 is 40.2 Å². The molecule has 0 spiro atoms. The third kappa shape index (κ3) is 20.0. The van der Waals surface area contributed by atoms with E-state index in [9.17, 15) is 30.3 Å². The molecule has 214 valence electrons. The number of nitrogens with one attached hydrogen (secondary N) is 1. The van der Waals surface area contributed by atoms with Gasteiger partial charge in [-0.05, 0) is 32.1 Å². The largest absolute Gasteiger partial charge is 0.394 e. The van der Waals surface area contributed by atoms with E-state index in [4.69, 9.17) is 9.84 Å². The highest BCUT2D eigenvalue weighted by molar-refractivity contribution is 5.75. The molecule has 1 amide bonds. The fourth-order valence-corrected chi connectivity index (χ4v) is 3.72. The molecule has 0 aromatic heterocycles. The zero-order valence-corrected chi connectivity index (χ0v) is 22.3. The first-order valence-electron chi connectivity index (χ1n) is 13.8. The van der Waals surface area contributed by atoms with Crippen LogP contribution >= 0.6 is 0 Å². The van der Waals surface area contributed by atoms with Crippen LogP contribution in [0.2, 0.25) is 0 Å². The number of allylic oxidation sites excluding steroid dienone is 2. The van der Waals surface area contributed by atoms with Crippen molar-refractivity contribution in [3.63, 3.8) is 0 Å². The van der Waals surface area contributed by atoms with Crippen molar-refractivity contribution in [2.45, 2.75) is 127 Å². The van der Waals surface area contributed by atoms with Gasteiger partial charge in [0.15, 0.2) is 0 Å². The van der Waals surface area contributed by atoms with Gasteiger partial charge in [0.1, 0.15) is 24.4 Å². The lowest BCUT2D eigenvalue weighted by molar-refractivity contribution is -0.132. The van der Waals surface area contributed by atoms with Crippen molar-refractivity contribution in [3.8, 4) is 0 Å². The van der Waals surface area contributed by atoms with Crippen LogP contribution in [0, 0.1) is 0 Å². The van der Waals surface area contributed by atoms with Crippen LogP contribution in [0.4, 0.5) is 0 Å². The quantitative estimate of drug-likeness (QED) is 0.0712. The summed E-state index contributed by atoms with van der Waals surface area (Å²) >= 11 is 0. The number of hydrogen-bond acceptors (Lipinski definition) is 8. The normalized spacial score (nSPS) is 16.1. The molecule has 9 heteroatoms. The van der Waals surface area contributed by atoms with Crippen LogP contribution < -0.4 is 5.32 Å². The van der Waals surface area contributed by atoms with E-state index < -0.39 is 43.7 Å². The maximum absolute atomic E-state index is 11.9. The molecule has 5 atom stereocenters. The maximum Gasteiger partial charge on any atom is 0.220 e. The molecule has 5 unspecified atom stereocenters. The van der Waals surface area contributed by atoms with Gasteiger partial charge in [-0.1, -0.05) is 70.4 Å². The first-order chi connectivity index (χ1) is 17.3. The molecular formula is C27H53NO8. The van der Waals surface area contributed by atoms with Crippen LogP contribution in [0.25, 0.3) is 0 Å². The molecule has 0 aliphatic carbocycles. The van der Waals surface area contributed by atoms with E-state index in [2.05, 4.69) is 24.4 Å². The fraction of sp³-hybridized carbons (Fsp3) is 0.889. The Morgan fingerprint density at radius 2 is 1.28 bits per heavy atom. The van der Waals surface area contributed by atoms with E-state index in [-0.39, 0.29) is 19.1 Å². The van der Waals surface area contributed by atoms with Crippen LogP contribution in [0.15, 0.2) is 12.2 Å². The van der Waals surface area contributed by atoms with Crippen LogP contribution in [0.1, 0.15) is 96.8 Å². The van der Waals surface area contributed by atoms with Gasteiger partial charge in [-0.25, -0.2) is 0 Å². The van der Waals surface area contributed by atoms with Gasteiger partial charge in [-0.3, -0.25) is 4.79 Å². The summed E-state index contributed by atoms with van der Waals surface area (Å²) in [5, 5.41) is 59.5. The van der Waals surface area contributed by atoms with E-state index in [1.54, 1.807) is 0 Å². The Balaban J connectivity index is 3.60. The Kier molecular flexibility index (Phi) is 23.6. The fourth-order valence-electron chi connectivity index (χ4n) is 3.72. The van der Waals surface area contributed by atoms with Gasteiger partial charge in [-0.2, -0.15) is 0 Å². The number of rotatable bonds is 25. The van der Waals surface area contributed by atoms with E-state index in [0.29, 0.717) is 6.42 Å². The Labute approximate surface area is 217 Å². The second-order valence-corrected chi connectivity index (χ2v) is 9.63. The summed E-state index contributed by atoms with van der Waals surface area (Å²) in [4.78, 5) is 11.9. The predicted molar refractivity (Wildman–Crippen MR) is 140 cm³/mol. The molecule has 0 aromatic carbocycles. The predicted octanol–water partition coefficient (Wildman–Crippen LogP) is 1.95. The molecule has 0 fully saturated rings. The lowest BCUT2D eigenvalue weighted by Gasteiger charge is -2.25. The molecule has 9 nitrogen and oxygen atoms in total. The number of carbonyl (C=O) groups excluding carboxylic acids is 1. The Morgan fingerprint density at radius 3 is 1.86 bits per heavy atom. The van der Waals surface area contributed by atoms with Gasteiger partial charge < -0.3 is 40.7 Å². The van der Waals surface area contributed by atoms with Gasteiger partial charge in [0.05, 0.1) is 25.9 Å². The van der Waals surface area contributed by atoms with Crippen molar-refractivity contribution >= 4 is 5.91 Å². The summed E-state index contributed by atoms with van der Waals surface area (Å²) in [6.45, 7) is 0.909. The van der Waals surface area contributed by atoms with Gasteiger partial charge in [-0.15, -0.1) is 0 Å². The Bertz CT molecular complexity index is 534. The van der Waals surface area contributed by atoms with Gasteiger partial charge in [0, 0.05) is 13.0 Å². The highest BCUT2D eigenvalue weighted by Crippen LogP contribution is 2.10. The van der Waals surface area contributed by atoms with Gasteiger partial charge >= 0.3 is 0 Å². The molecule has 0 aliphatic heterocycles. The number of aliphatic hydroxyl groups is 6. The highest BCUT2D eigenvalue weighted by atomic mass is 16.5. The van der Waals surface area contributed by atoms with Gasteiger partial charge in [0.2, 0.25) is 5.91 Å². The molecule has 0 saturated carbocycles. The molecule has 0 aromatic rings. The molecule has 0 rings (SSSR count). The number of amides is 1. The molecule has 0 heterocycles. The minimum absolute atomic E-state index is 0.00834. The van der Waals surface area contributed by atoms with Crippen molar-refractivity contribution in [3.05, 3.63) is 12.2 Å². The Hall–Kier alpha value is -1.07. The van der Waals surface area contributed by atoms with Crippen LogP contribution in [-0.4, -0.2) is 93.4 Å². The number of aliphatic hydroxyl groups excluding tert-OH is 6. The number of ether oxygens (including phenoxy) is 1. The topological polar surface area (TPSA) is 160 Å². The second kappa shape index (κ2) is 24.3. The van der Waals surface area contributed by atoms with Crippen molar-refractivity contribution in [2.24, 2.45) is 0 Å². The summed E-state index contributed by atoms with van der Waals surface area (Å²) in [7, 11) is 0. The van der Waals surface area contributed by atoms with Crippen LogP contribution in [0.5, 0.6) is 0 Å². The maximum atomic E-state index is 11.9. The van der Waals surface area contributed by atoms with Gasteiger partial charge in [0.25, 0.3) is 0 Å². The summed E-state index contributed by atoms with van der Waals surface area (Å²) in [6, 6.07) is 0. The highest BCUT2D eigenvalue weighted by Gasteiger charge is 2.30. The number of hydrogen-bond donors (Lipinski definition) is 7. The number of unbranched alkanes of at least 4 members (excludes halogenated alkanes) is 11. The summed E-state index contributed by atoms with van der Waals surface area (Å²) < 4.78 is 5.09. The standard InChI is InChI=1S/C27H53NO8/c1-2-3-4-5-6-7-8-9-10-11-12-13-14-15-16-17-25(33)28-18-22(30)20-36-21-24(32)27(35)26(34)23(31)19-29/h9-10,22-24,26-27,29-32,34-35H,2-8,11-21H2,1H3,(H,28,33). The van der Waals surface area contributed by atoms with Crippen LogP contribution in [0.3, 0.4) is 0 Å². The summed E-state index contributed by atoms with van der Waals surface area (Å²) in [5.74, 6) is -0.136. The van der Waals surface area contributed by atoms with Crippen LogP contribution in [-0.2, 0) is 9.53 Å². The van der Waals surface area contributed by atoms with E-state index in [1.807, 2.05) is 0 Å². The summed E-state index contributed by atoms with van der Waals surface area (Å²) in [5.41, 5.74) is 0. The molecule has 36 heavy (non-hydrogen) atoms. The van der Waals surface area contributed by atoms with Crippen molar-refractivity contribution in [1.29, 1.82) is 0 Å². The molecule has 7 N–H and O–H groups in total. The average Bonchev–Trinajstić information content (AvgIpc) is 2.88. The molecular weight excluding hydrogens is 466 g/mol. The third-order valence-electron chi connectivity index (χ3n) is 6.12. The van der Waals surface area contributed by atoms with E-state index >= 15 is 0 Å².